The maximum absolute atomic E-state index is 13.5. The molecule has 1 aliphatic heterocycles. The number of benzene rings is 2. The molecule has 0 saturated heterocycles. The SMILES string of the molecule is Cc1cc([C@@H]2C3=C(CC(C)(C)CC3=O)N=C3c4ccccc4C(=O)[C@@H]32)cc(C)c1O. The number of hydrogen-bond acceptors (Lipinski definition) is 4. The van der Waals surface area contributed by atoms with Crippen LogP contribution < -0.4 is 0 Å². The zero-order chi connectivity index (χ0) is 21.4. The molecule has 2 aromatic carbocycles. The molecule has 0 saturated carbocycles. The van der Waals surface area contributed by atoms with Crippen molar-refractivity contribution in [1.82, 2.24) is 0 Å². The quantitative estimate of drug-likeness (QED) is 0.730. The van der Waals surface area contributed by atoms with Gasteiger partial charge in [0.05, 0.1) is 11.6 Å². The van der Waals surface area contributed by atoms with E-state index in [4.69, 9.17) is 4.99 Å². The average Bonchev–Trinajstić information content (AvgIpc) is 2.96. The van der Waals surface area contributed by atoms with Crippen LogP contribution in [0.5, 0.6) is 5.75 Å². The van der Waals surface area contributed by atoms with Gasteiger partial charge >= 0.3 is 0 Å². The van der Waals surface area contributed by atoms with E-state index in [1.54, 1.807) is 0 Å². The number of nitrogens with zero attached hydrogens (tertiary/aromatic N) is 1. The highest BCUT2D eigenvalue weighted by Gasteiger charge is 2.50. The van der Waals surface area contributed by atoms with Gasteiger partial charge in [-0.25, -0.2) is 0 Å². The third kappa shape index (κ3) is 2.63. The summed E-state index contributed by atoms with van der Waals surface area (Å²) in [6, 6.07) is 11.5. The topological polar surface area (TPSA) is 66.7 Å². The Bertz CT molecular complexity index is 1180. The van der Waals surface area contributed by atoms with Gasteiger partial charge in [-0.2, -0.15) is 0 Å². The molecule has 2 aromatic rings. The third-order valence-electron chi connectivity index (χ3n) is 6.71. The summed E-state index contributed by atoms with van der Waals surface area (Å²) in [5.74, 6) is -0.485. The maximum Gasteiger partial charge on any atom is 0.173 e. The van der Waals surface area contributed by atoms with Crippen LogP contribution in [0.25, 0.3) is 0 Å². The second kappa shape index (κ2) is 6.24. The molecule has 5 rings (SSSR count). The fourth-order valence-electron chi connectivity index (χ4n) is 5.41. The Morgan fingerprint density at radius 2 is 1.60 bits per heavy atom. The first-order valence-electron chi connectivity index (χ1n) is 10.5. The van der Waals surface area contributed by atoms with Crippen molar-refractivity contribution in [3.05, 3.63) is 75.5 Å². The van der Waals surface area contributed by atoms with Crippen LogP contribution in [0.2, 0.25) is 0 Å². The summed E-state index contributed by atoms with van der Waals surface area (Å²) < 4.78 is 0. The Morgan fingerprint density at radius 1 is 0.967 bits per heavy atom. The zero-order valence-corrected chi connectivity index (χ0v) is 17.7. The van der Waals surface area contributed by atoms with Crippen molar-refractivity contribution in [3.63, 3.8) is 0 Å². The molecule has 0 aromatic heterocycles. The number of aromatic hydroxyl groups is 1. The van der Waals surface area contributed by atoms with Crippen LogP contribution in [0.3, 0.4) is 0 Å². The molecule has 30 heavy (non-hydrogen) atoms. The van der Waals surface area contributed by atoms with E-state index in [1.165, 1.54) is 0 Å². The molecule has 4 heteroatoms. The molecular formula is C26H25NO3. The van der Waals surface area contributed by atoms with E-state index in [0.717, 1.165) is 33.7 Å². The summed E-state index contributed by atoms with van der Waals surface area (Å²) in [5.41, 5.74) is 6.12. The molecule has 0 spiro atoms. The molecule has 2 aliphatic carbocycles. The van der Waals surface area contributed by atoms with E-state index >= 15 is 0 Å². The third-order valence-corrected chi connectivity index (χ3v) is 6.71. The van der Waals surface area contributed by atoms with Gasteiger partial charge in [-0.3, -0.25) is 14.6 Å². The van der Waals surface area contributed by atoms with Crippen LogP contribution in [0.1, 0.15) is 65.2 Å². The number of phenolic OH excluding ortho intramolecular Hbond substituents is 1. The van der Waals surface area contributed by atoms with Crippen molar-refractivity contribution in [1.29, 1.82) is 0 Å². The molecular weight excluding hydrogens is 374 g/mol. The summed E-state index contributed by atoms with van der Waals surface area (Å²) in [6.45, 7) is 7.91. The molecule has 0 amide bonds. The first-order valence-corrected chi connectivity index (χ1v) is 10.5. The number of hydrogen-bond donors (Lipinski definition) is 1. The van der Waals surface area contributed by atoms with Crippen LogP contribution in [0, 0.1) is 25.2 Å². The molecule has 0 unspecified atom stereocenters. The number of aryl methyl sites for hydroxylation is 2. The highest BCUT2D eigenvalue weighted by molar-refractivity contribution is 6.30. The van der Waals surface area contributed by atoms with Gasteiger partial charge in [-0.15, -0.1) is 0 Å². The number of ketones is 2. The second-order valence-corrected chi connectivity index (χ2v) is 9.67. The molecule has 1 N–H and O–H groups in total. The largest absolute Gasteiger partial charge is 0.507 e. The van der Waals surface area contributed by atoms with Gasteiger partial charge in [0.1, 0.15) is 5.75 Å². The molecule has 0 fully saturated rings. The highest BCUT2D eigenvalue weighted by atomic mass is 16.3. The summed E-state index contributed by atoms with van der Waals surface area (Å²) >= 11 is 0. The first kappa shape index (κ1) is 19.0. The average molecular weight is 399 g/mol. The lowest BCUT2D eigenvalue weighted by atomic mass is 9.66. The Labute approximate surface area is 176 Å². The Morgan fingerprint density at radius 3 is 2.27 bits per heavy atom. The van der Waals surface area contributed by atoms with Crippen LogP contribution in [0.15, 0.2) is 52.7 Å². The summed E-state index contributed by atoms with van der Waals surface area (Å²) in [5, 5.41) is 10.3. The van der Waals surface area contributed by atoms with Gasteiger partial charge in [-0.05, 0) is 42.4 Å². The van der Waals surface area contributed by atoms with E-state index in [0.29, 0.717) is 24.0 Å². The lowest BCUT2D eigenvalue weighted by Gasteiger charge is -2.38. The summed E-state index contributed by atoms with van der Waals surface area (Å²) in [4.78, 5) is 31.8. The number of phenols is 1. The number of carbonyl (C=O) groups excluding carboxylic acids is 2. The number of carbonyl (C=O) groups is 2. The number of fused-ring (bicyclic) bond motifs is 3. The van der Waals surface area contributed by atoms with Crippen molar-refractivity contribution in [2.24, 2.45) is 16.3 Å². The van der Waals surface area contributed by atoms with Crippen LogP contribution >= 0.6 is 0 Å². The van der Waals surface area contributed by atoms with Crippen molar-refractivity contribution < 1.29 is 14.7 Å². The fraction of sp³-hybridized carbons (Fsp3) is 0.346. The Hall–Kier alpha value is -3.01. The Kier molecular flexibility index (Phi) is 3.95. The summed E-state index contributed by atoms with van der Waals surface area (Å²) in [6.07, 6.45) is 1.17. The zero-order valence-electron chi connectivity index (χ0n) is 17.7. The molecule has 152 valence electrons. The predicted molar refractivity (Wildman–Crippen MR) is 116 cm³/mol. The minimum absolute atomic E-state index is 0.0296. The minimum atomic E-state index is -0.491. The first-order chi connectivity index (χ1) is 14.2. The molecule has 0 bridgehead atoms. The lowest BCUT2D eigenvalue weighted by molar-refractivity contribution is -0.118. The van der Waals surface area contributed by atoms with E-state index in [-0.39, 0.29) is 28.6 Å². The van der Waals surface area contributed by atoms with Crippen molar-refractivity contribution in [3.8, 4) is 5.75 Å². The number of Topliss-reactive ketones (excluding diaryl/α,β-unsaturated/α-hetero) is 2. The smallest absolute Gasteiger partial charge is 0.173 e. The van der Waals surface area contributed by atoms with Crippen LogP contribution in [-0.2, 0) is 4.79 Å². The van der Waals surface area contributed by atoms with Crippen LogP contribution in [-0.4, -0.2) is 22.4 Å². The van der Waals surface area contributed by atoms with Crippen molar-refractivity contribution in [2.45, 2.75) is 46.5 Å². The second-order valence-electron chi connectivity index (χ2n) is 9.67. The Balaban J connectivity index is 1.79. The van der Waals surface area contributed by atoms with Gasteiger partial charge in [0, 0.05) is 34.7 Å². The highest BCUT2D eigenvalue weighted by Crippen LogP contribution is 2.51. The van der Waals surface area contributed by atoms with Crippen molar-refractivity contribution >= 4 is 17.3 Å². The monoisotopic (exact) mass is 399 g/mol. The molecule has 4 nitrogen and oxygen atoms in total. The maximum atomic E-state index is 13.5. The number of aliphatic imine (C=N–C) groups is 1. The van der Waals surface area contributed by atoms with Gasteiger partial charge in [0.2, 0.25) is 0 Å². The van der Waals surface area contributed by atoms with E-state index in [9.17, 15) is 14.7 Å². The lowest BCUT2D eigenvalue weighted by Crippen LogP contribution is -2.37. The van der Waals surface area contributed by atoms with Gasteiger partial charge in [0.25, 0.3) is 0 Å². The normalized spacial score (nSPS) is 24.3. The number of allylic oxidation sites excluding steroid dienone is 2. The van der Waals surface area contributed by atoms with Crippen molar-refractivity contribution in [2.75, 3.05) is 0 Å². The minimum Gasteiger partial charge on any atom is -0.507 e. The van der Waals surface area contributed by atoms with Gasteiger partial charge in [-0.1, -0.05) is 50.2 Å². The fourth-order valence-corrected chi connectivity index (χ4v) is 5.41. The van der Waals surface area contributed by atoms with E-state index < -0.39 is 5.92 Å². The van der Waals surface area contributed by atoms with Crippen LogP contribution in [0.4, 0.5) is 0 Å². The molecule has 2 atom stereocenters. The molecule has 3 aliphatic rings. The molecule has 1 heterocycles. The molecule has 0 radical (unpaired) electrons. The van der Waals surface area contributed by atoms with E-state index in [1.807, 2.05) is 50.2 Å². The predicted octanol–water partition coefficient (Wildman–Crippen LogP) is 5.05. The summed E-state index contributed by atoms with van der Waals surface area (Å²) in [7, 11) is 0. The van der Waals surface area contributed by atoms with Gasteiger partial charge in [0.15, 0.2) is 11.6 Å². The van der Waals surface area contributed by atoms with Gasteiger partial charge < -0.3 is 5.11 Å². The van der Waals surface area contributed by atoms with E-state index in [2.05, 4.69) is 13.8 Å². The number of rotatable bonds is 1. The standard InChI is InChI=1S/C26H25NO3/c1-13-9-15(10-14(2)24(13)29)20-21-18(11-26(3,4)12-19(21)28)27-23-16-7-5-6-8-17(16)25(30)22(20)23/h5-10,20,22,29H,11-12H2,1-4H3/t20-,22-/m1/s1.